The molecule has 0 radical (unpaired) electrons. The molecule has 0 aliphatic carbocycles. The molecular weight excluding hydrogens is 390 g/mol. The van der Waals surface area contributed by atoms with Crippen molar-refractivity contribution < 1.29 is 8.42 Å². The number of thioether (sulfide) groups is 1. The maximum Gasteiger partial charge on any atom is 0.250 e. The Kier molecular flexibility index (Phi) is 6.68. The van der Waals surface area contributed by atoms with Gasteiger partial charge in [-0.1, -0.05) is 25.4 Å². The molecule has 0 atom stereocenters. The summed E-state index contributed by atoms with van der Waals surface area (Å²) in [6, 6.07) is 1.47. The van der Waals surface area contributed by atoms with Gasteiger partial charge in [0.15, 0.2) is 0 Å². The highest BCUT2D eigenvalue weighted by molar-refractivity contribution is 9.11. The Labute approximate surface area is 136 Å². The van der Waals surface area contributed by atoms with E-state index in [1.165, 1.54) is 6.07 Å². The molecule has 0 spiro atoms. The fourth-order valence-corrected chi connectivity index (χ4v) is 6.07. The molecule has 110 valence electrons. The normalized spacial score (nSPS) is 12.9. The second-order valence-electron chi connectivity index (χ2n) is 4.11. The van der Waals surface area contributed by atoms with E-state index < -0.39 is 10.0 Å². The molecule has 0 unspecified atom stereocenters. The third-order valence-electron chi connectivity index (χ3n) is 3.19. The van der Waals surface area contributed by atoms with Gasteiger partial charge in [-0.05, 0) is 41.1 Å². The zero-order chi connectivity index (χ0) is 14.7. The van der Waals surface area contributed by atoms with E-state index in [-0.39, 0.29) is 8.96 Å². The summed E-state index contributed by atoms with van der Waals surface area (Å²) >= 11 is 11.9. The van der Waals surface area contributed by atoms with Crippen molar-refractivity contribution in [3.05, 3.63) is 14.9 Å². The van der Waals surface area contributed by atoms with Gasteiger partial charge in [0.2, 0.25) is 10.0 Å². The molecule has 1 N–H and O–H groups in total. The Balaban J connectivity index is 2.86. The lowest BCUT2D eigenvalue weighted by atomic mass is 10.0. The van der Waals surface area contributed by atoms with Gasteiger partial charge in [0.05, 0.1) is 8.81 Å². The van der Waals surface area contributed by atoms with Crippen LogP contribution in [0.15, 0.2) is 14.1 Å². The molecule has 1 aromatic heterocycles. The van der Waals surface area contributed by atoms with Gasteiger partial charge >= 0.3 is 0 Å². The molecule has 1 heterocycles. The van der Waals surface area contributed by atoms with Gasteiger partial charge < -0.3 is 0 Å². The van der Waals surface area contributed by atoms with Crippen molar-refractivity contribution >= 4 is 60.7 Å². The number of halogens is 2. The third-order valence-corrected chi connectivity index (χ3v) is 9.13. The maximum atomic E-state index is 12.2. The fourth-order valence-electron chi connectivity index (χ4n) is 1.62. The smallest absolute Gasteiger partial charge is 0.209 e. The topological polar surface area (TPSA) is 46.2 Å². The highest BCUT2D eigenvalue weighted by Crippen LogP contribution is 2.35. The van der Waals surface area contributed by atoms with Gasteiger partial charge in [0, 0.05) is 11.3 Å². The molecule has 0 saturated carbocycles. The minimum Gasteiger partial charge on any atom is -0.209 e. The van der Waals surface area contributed by atoms with Crippen LogP contribution in [0.25, 0.3) is 0 Å². The fraction of sp³-hybridized carbons (Fsp3) is 0.636. The van der Waals surface area contributed by atoms with Gasteiger partial charge in [-0.2, -0.15) is 11.8 Å². The van der Waals surface area contributed by atoms with Crippen molar-refractivity contribution in [1.82, 2.24) is 4.72 Å². The van der Waals surface area contributed by atoms with E-state index in [2.05, 4.69) is 34.5 Å². The Hall–Kier alpha value is 0.730. The number of rotatable bonds is 7. The first-order valence-electron chi connectivity index (χ1n) is 5.80. The van der Waals surface area contributed by atoms with Crippen molar-refractivity contribution in [2.45, 2.75) is 35.6 Å². The first-order valence-corrected chi connectivity index (χ1v) is 10.5. The number of sulfonamides is 1. The molecule has 0 aliphatic heterocycles. The molecule has 19 heavy (non-hydrogen) atoms. The molecule has 3 nitrogen and oxygen atoms in total. The van der Waals surface area contributed by atoms with Crippen LogP contribution in [0.5, 0.6) is 0 Å². The van der Waals surface area contributed by atoms with Gasteiger partial charge in [-0.3, -0.25) is 0 Å². The molecule has 0 aliphatic rings. The van der Waals surface area contributed by atoms with Crippen LogP contribution in [-0.4, -0.2) is 26.0 Å². The van der Waals surface area contributed by atoms with Crippen LogP contribution in [0.2, 0.25) is 5.02 Å². The van der Waals surface area contributed by atoms with Crippen LogP contribution >= 0.6 is 50.6 Å². The Morgan fingerprint density at radius 3 is 2.42 bits per heavy atom. The predicted molar refractivity (Wildman–Crippen MR) is 89.0 cm³/mol. The Morgan fingerprint density at radius 1 is 1.47 bits per heavy atom. The largest absolute Gasteiger partial charge is 0.250 e. The summed E-state index contributed by atoms with van der Waals surface area (Å²) in [5.41, 5.74) is 0. The average molecular weight is 407 g/mol. The van der Waals surface area contributed by atoms with Crippen LogP contribution in [0.3, 0.4) is 0 Å². The number of hydrogen-bond donors (Lipinski definition) is 1. The summed E-state index contributed by atoms with van der Waals surface area (Å²) in [6.07, 6.45) is 3.85. The second-order valence-corrected chi connectivity index (χ2v) is 10.2. The van der Waals surface area contributed by atoms with Gasteiger partial charge in [-0.15, -0.1) is 11.3 Å². The summed E-state index contributed by atoms with van der Waals surface area (Å²) < 4.78 is 27.9. The van der Waals surface area contributed by atoms with E-state index >= 15 is 0 Å². The second kappa shape index (κ2) is 7.13. The number of nitrogens with one attached hydrogen (secondary N) is 1. The van der Waals surface area contributed by atoms with Crippen molar-refractivity contribution in [2.75, 3.05) is 12.8 Å². The lowest BCUT2D eigenvalue weighted by molar-refractivity contribution is 0.523. The zero-order valence-corrected chi connectivity index (χ0v) is 15.8. The van der Waals surface area contributed by atoms with Crippen LogP contribution in [0, 0.1) is 0 Å². The van der Waals surface area contributed by atoms with Crippen LogP contribution in [0.4, 0.5) is 0 Å². The highest BCUT2D eigenvalue weighted by atomic mass is 79.9. The van der Waals surface area contributed by atoms with Crippen LogP contribution in [-0.2, 0) is 10.0 Å². The van der Waals surface area contributed by atoms with E-state index in [9.17, 15) is 8.42 Å². The highest BCUT2D eigenvalue weighted by Gasteiger charge is 2.28. The Bertz CT molecular complexity index is 498. The molecule has 0 aromatic carbocycles. The predicted octanol–water partition coefficient (Wildman–Crippen LogP) is 4.36. The monoisotopic (exact) mass is 405 g/mol. The quantitative estimate of drug-likeness (QED) is 0.731. The molecule has 8 heteroatoms. The van der Waals surface area contributed by atoms with Gasteiger partial charge in [-0.25, -0.2) is 13.1 Å². The van der Waals surface area contributed by atoms with Crippen LogP contribution in [0.1, 0.15) is 26.7 Å². The molecule has 0 amide bonds. The molecule has 0 bridgehead atoms. The summed E-state index contributed by atoms with van der Waals surface area (Å²) in [6.45, 7) is 4.58. The van der Waals surface area contributed by atoms with E-state index in [0.29, 0.717) is 15.4 Å². The van der Waals surface area contributed by atoms with Crippen molar-refractivity contribution in [1.29, 1.82) is 0 Å². The first-order chi connectivity index (χ1) is 8.80. The minimum absolute atomic E-state index is 0.0502. The summed E-state index contributed by atoms with van der Waals surface area (Å²) in [5, 5.41) is 0.424. The van der Waals surface area contributed by atoms with E-state index in [1.807, 2.05) is 6.26 Å². The lowest BCUT2D eigenvalue weighted by Crippen LogP contribution is -2.39. The van der Waals surface area contributed by atoms with Crippen molar-refractivity contribution in [3.63, 3.8) is 0 Å². The van der Waals surface area contributed by atoms with Gasteiger partial charge in [0.25, 0.3) is 0 Å². The summed E-state index contributed by atoms with van der Waals surface area (Å²) in [7, 11) is -3.48. The number of hydrogen-bond acceptors (Lipinski definition) is 4. The van der Waals surface area contributed by atoms with E-state index in [0.717, 1.165) is 24.2 Å². The summed E-state index contributed by atoms with van der Waals surface area (Å²) in [5.74, 6) is 0. The third kappa shape index (κ3) is 4.35. The molecule has 1 aromatic rings. The molecule has 0 fully saturated rings. The summed E-state index contributed by atoms with van der Waals surface area (Å²) in [4.78, 5) is 0. The molecule has 0 saturated heterocycles. The number of thiophene rings is 1. The molecule has 1 rings (SSSR count). The maximum absolute atomic E-state index is 12.2. The van der Waals surface area contributed by atoms with Gasteiger partial charge in [0.1, 0.15) is 4.21 Å². The van der Waals surface area contributed by atoms with E-state index in [4.69, 9.17) is 11.6 Å². The first kappa shape index (κ1) is 17.8. The average Bonchev–Trinajstić information content (AvgIpc) is 2.73. The van der Waals surface area contributed by atoms with Crippen molar-refractivity contribution in [2.24, 2.45) is 0 Å². The standard InChI is InChI=1S/C11H17BrClNO2S3/c1-4-11(5-2,17-3)7-14-19(15,16)9-6-8(13)10(12)18-9/h6,14H,4-5,7H2,1-3H3. The SMILES string of the molecule is CCC(CC)(CNS(=O)(=O)c1cc(Cl)c(Br)s1)SC. The van der Waals surface area contributed by atoms with Crippen LogP contribution < -0.4 is 4.72 Å². The molecular formula is C11H17BrClNO2S3. The van der Waals surface area contributed by atoms with E-state index in [1.54, 1.807) is 11.8 Å². The Morgan fingerprint density at radius 2 is 2.05 bits per heavy atom. The van der Waals surface area contributed by atoms with Crippen molar-refractivity contribution in [3.8, 4) is 0 Å². The lowest BCUT2D eigenvalue weighted by Gasteiger charge is -2.29. The minimum atomic E-state index is -3.48. The zero-order valence-electron chi connectivity index (χ0n) is 11.0.